The second-order valence-electron chi connectivity index (χ2n) is 9.35. The lowest BCUT2D eigenvalue weighted by Crippen LogP contribution is -2.23. The molecule has 0 radical (unpaired) electrons. The Hall–Kier alpha value is -2.70. The minimum absolute atomic E-state index is 0.0379. The van der Waals surface area contributed by atoms with Crippen LogP contribution in [0.25, 0.3) is 17.1 Å². The lowest BCUT2D eigenvalue weighted by Gasteiger charge is -2.30. The maximum atomic E-state index is 14.6. The summed E-state index contributed by atoms with van der Waals surface area (Å²) >= 11 is 0. The number of hydrogen-bond donors (Lipinski definition) is 0. The van der Waals surface area contributed by atoms with Gasteiger partial charge in [-0.15, -0.1) is 5.10 Å². The molecule has 0 aliphatic rings. The molecule has 3 aromatic rings. The van der Waals surface area contributed by atoms with Gasteiger partial charge in [-0.25, -0.2) is 14.1 Å². The molecule has 0 aliphatic carbocycles. The van der Waals surface area contributed by atoms with Gasteiger partial charge in [-0.05, 0) is 34.1 Å². The predicted octanol–water partition coefficient (Wildman–Crippen LogP) is 6.69. The molecule has 0 aliphatic heterocycles. The highest BCUT2D eigenvalue weighted by atomic mass is 19.4. The van der Waals surface area contributed by atoms with Gasteiger partial charge < -0.3 is 0 Å². The van der Waals surface area contributed by atoms with Gasteiger partial charge in [-0.2, -0.15) is 13.2 Å². The summed E-state index contributed by atoms with van der Waals surface area (Å²) < 4.78 is 56.4. The average Bonchev–Trinajstić information content (AvgIpc) is 3.05. The third kappa shape index (κ3) is 4.11. The number of rotatable bonds is 2. The Morgan fingerprint density at radius 1 is 0.767 bits per heavy atom. The van der Waals surface area contributed by atoms with Crippen LogP contribution in [0.1, 0.15) is 58.5 Å². The van der Waals surface area contributed by atoms with Gasteiger partial charge in [0.2, 0.25) is 0 Å². The van der Waals surface area contributed by atoms with Crippen molar-refractivity contribution in [2.24, 2.45) is 0 Å². The Morgan fingerprint density at radius 3 is 1.77 bits per heavy atom. The van der Waals surface area contributed by atoms with E-state index < -0.39 is 28.6 Å². The standard InChI is InChI=1S/C23H25F4N3/c1-21(2,3)15-11-9-12-16(22(4,5)6)18(15)30-19(14-10-7-8-13-17(14)24)28-20(29-30)23(25,26)27/h7-13H,1-6H3. The molecule has 0 saturated heterocycles. The second kappa shape index (κ2) is 7.22. The largest absolute Gasteiger partial charge is 0.453 e. The fourth-order valence-corrected chi connectivity index (χ4v) is 3.39. The molecule has 160 valence electrons. The van der Waals surface area contributed by atoms with E-state index in [0.29, 0.717) is 5.69 Å². The molecule has 0 amide bonds. The van der Waals surface area contributed by atoms with Crippen molar-refractivity contribution in [3.05, 3.63) is 65.2 Å². The fraction of sp³-hybridized carbons (Fsp3) is 0.391. The molecule has 1 aromatic heterocycles. The van der Waals surface area contributed by atoms with E-state index in [1.165, 1.54) is 18.2 Å². The summed E-state index contributed by atoms with van der Waals surface area (Å²) in [5.74, 6) is -2.14. The third-order valence-electron chi connectivity index (χ3n) is 4.84. The van der Waals surface area contributed by atoms with Crippen LogP contribution in [-0.2, 0) is 17.0 Å². The molecule has 0 atom stereocenters. The van der Waals surface area contributed by atoms with Crippen LogP contribution < -0.4 is 0 Å². The zero-order valence-corrected chi connectivity index (χ0v) is 17.9. The van der Waals surface area contributed by atoms with Crippen molar-refractivity contribution in [2.45, 2.75) is 58.5 Å². The first kappa shape index (κ1) is 22.0. The molecular weight excluding hydrogens is 394 g/mol. The van der Waals surface area contributed by atoms with Gasteiger partial charge in [0.05, 0.1) is 11.3 Å². The first-order chi connectivity index (χ1) is 13.7. The number of nitrogens with zero attached hydrogens (tertiary/aromatic N) is 3. The lowest BCUT2D eigenvalue weighted by molar-refractivity contribution is -0.144. The molecule has 3 nitrogen and oxygen atoms in total. The molecule has 0 saturated carbocycles. The van der Waals surface area contributed by atoms with Crippen LogP contribution in [0.4, 0.5) is 17.6 Å². The lowest BCUT2D eigenvalue weighted by atomic mass is 9.78. The molecule has 0 fully saturated rings. The number of halogens is 4. The molecule has 7 heteroatoms. The summed E-state index contributed by atoms with van der Waals surface area (Å²) in [5, 5.41) is 3.83. The minimum Gasteiger partial charge on any atom is -0.212 e. The Bertz CT molecular complexity index is 1040. The normalized spacial score (nSPS) is 13.0. The minimum atomic E-state index is -4.76. The smallest absolute Gasteiger partial charge is 0.212 e. The topological polar surface area (TPSA) is 30.7 Å². The van der Waals surface area contributed by atoms with Gasteiger partial charge in [-0.3, -0.25) is 0 Å². The van der Waals surface area contributed by atoms with Crippen molar-refractivity contribution in [1.82, 2.24) is 14.8 Å². The van der Waals surface area contributed by atoms with E-state index in [2.05, 4.69) is 10.1 Å². The highest BCUT2D eigenvalue weighted by Crippen LogP contribution is 2.39. The van der Waals surface area contributed by atoms with Crippen LogP contribution in [0.15, 0.2) is 42.5 Å². The Balaban J connectivity index is 2.47. The van der Waals surface area contributed by atoms with Gasteiger partial charge in [0.25, 0.3) is 5.82 Å². The van der Waals surface area contributed by atoms with Gasteiger partial charge in [-0.1, -0.05) is 71.9 Å². The number of hydrogen-bond acceptors (Lipinski definition) is 2. The Labute approximate surface area is 173 Å². The van der Waals surface area contributed by atoms with Crippen LogP contribution in [0.2, 0.25) is 0 Å². The van der Waals surface area contributed by atoms with Crippen molar-refractivity contribution in [3.63, 3.8) is 0 Å². The quantitative estimate of drug-likeness (QED) is 0.434. The predicted molar refractivity (Wildman–Crippen MR) is 109 cm³/mol. The van der Waals surface area contributed by atoms with Crippen molar-refractivity contribution in [2.75, 3.05) is 0 Å². The summed E-state index contributed by atoms with van der Waals surface area (Å²) in [6, 6.07) is 11.3. The van der Waals surface area contributed by atoms with E-state index in [1.807, 2.05) is 59.7 Å². The molecular formula is C23H25F4N3. The average molecular weight is 419 g/mol. The number of alkyl halides is 3. The van der Waals surface area contributed by atoms with Gasteiger partial charge in [0, 0.05) is 0 Å². The second-order valence-corrected chi connectivity index (χ2v) is 9.35. The Kier molecular flexibility index (Phi) is 5.29. The van der Waals surface area contributed by atoms with Crippen LogP contribution in [0, 0.1) is 5.82 Å². The third-order valence-corrected chi connectivity index (χ3v) is 4.84. The molecule has 1 heterocycles. The van der Waals surface area contributed by atoms with Gasteiger partial charge in [0.15, 0.2) is 5.82 Å². The molecule has 3 rings (SSSR count). The van der Waals surface area contributed by atoms with Gasteiger partial charge in [0.1, 0.15) is 5.82 Å². The van der Waals surface area contributed by atoms with Crippen molar-refractivity contribution < 1.29 is 17.6 Å². The summed E-state index contributed by atoms with van der Waals surface area (Å²) in [4.78, 5) is 3.72. The molecule has 0 unspecified atom stereocenters. The maximum absolute atomic E-state index is 14.6. The van der Waals surface area contributed by atoms with Crippen LogP contribution in [-0.4, -0.2) is 14.8 Å². The molecule has 0 spiro atoms. The van der Waals surface area contributed by atoms with Crippen LogP contribution in [0.5, 0.6) is 0 Å². The first-order valence-electron chi connectivity index (χ1n) is 9.65. The van der Waals surface area contributed by atoms with Gasteiger partial charge >= 0.3 is 6.18 Å². The number of benzene rings is 2. The summed E-state index contributed by atoms with van der Waals surface area (Å²) in [5.41, 5.74) is 1.26. The molecule has 30 heavy (non-hydrogen) atoms. The monoisotopic (exact) mass is 419 g/mol. The van der Waals surface area contributed by atoms with Crippen molar-refractivity contribution in [1.29, 1.82) is 0 Å². The van der Waals surface area contributed by atoms with E-state index in [1.54, 1.807) is 6.07 Å². The summed E-state index contributed by atoms with van der Waals surface area (Å²) in [6.45, 7) is 11.8. The number of para-hydroxylation sites is 1. The van der Waals surface area contributed by atoms with Crippen LogP contribution in [0.3, 0.4) is 0 Å². The zero-order chi connectivity index (χ0) is 22.5. The van der Waals surface area contributed by atoms with E-state index in [4.69, 9.17) is 0 Å². The van der Waals surface area contributed by atoms with Crippen molar-refractivity contribution in [3.8, 4) is 17.1 Å². The van der Waals surface area contributed by atoms with Crippen LogP contribution >= 0.6 is 0 Å². The molecule has 0 bridgehead atoms. The molecule has 2 aromatic carbocycles. The summed E-state index contributed by atoms with van der Waals surface area (Å²) in [7, 11) is 0. The SMILES string of the molecule is CC(C)(C)c1cccc(C(C)(C)C)c1-n1nc(C(F)(F)F)nc1-c1ccccc1F. The number of aromatic nitrogens is 3. The fourth-order valence-electron chi connectivity index (χ4n) is 3.39. The molecule has 0 N–H and O–H groups in total. The zero-order valence-electron chi connectivity index (χ0n) is 17.9. The summed E-state index contributed by atoms with van der Waals surface area (Å²) in [6.07, 6.45) is -4.76. The highest BCUT2D eigenvalue weighted by Gasteiger charge is 2.39. The highest BCUT2D eigenvalue weighted by molar-refractivity contribution is 5.63. The maximum Gasteiger partial charge on any atom is 0.453 e. The van der Waals surface area contributed by atoms with E-state index in [0.717, 1.165) is 15.8 Å². The van der Waals surface area contributed by atoms with E-state index in [9.17, 15) is 17.6 Å². The van der Waals surface area contributed by atoms with E-state index in [-0.39, 0.29) is 11.4 Å². The van der Waals surface area contributed by atoms with Crippen molar-refractivity contribution >= 4 is 0 Å². The Morgan fingerprint density at radius 2 is 1.30 bits per heavy atom. The first-order valence-corrected chi connectivity index (χ1v) is 9.65. The van der Waals surface area contributed by atoms with E-state index >= 15 is 0 Å².